The summed E-state index contributed by atoms with van der Waals surface area (Å²) in [5.41, 5.74) is 0.134. The Balaban J connectivity index is 3.68. The quantitative estimate of drug-likeness (QED) is 0.597. The van der Waals surface area contributed by atoms with Crippen molar-refractivity contribution >= 4 is 11.5 Å². The Morgan fingerprint density at radius 2 is 2.20 bits per heavy atom. The zero-order chi connectivity index (χ0) is 8.15. The van der Waals surface area contributed by atoms with E-state index < -0.39 is 0 Å². The molecule has 0 aromatic heterocycles. The van der Waals surface area contributed by atoms with Gasteiger partial charge in [-0.05, 0) is 6.92 Å². The summed E-state index contributed by atoms with van der Waals surface area (Å²) in [6.45, 7) is 3.22. The van der Waals surface area contributed by atoms with Gasteiger partial charge in [0.05, 0.1) is 11.8 Å². The third-order valence-corrected chi connectivity index (χ3v) is 1.32. The largest absolute Gasteiger partial charge is 0.381 e. The van der Waals surface area contributed by atoms with Gasteiger partial charge in [0.15, 0.2) is 5.78 Å². The maximum absolute atomic E-state index is 10.5. The van der Waals surface area contributed by atoms with Crippen LogP contribution in [0.3, 0.4) is 0 Å². The molecule has 1 unspecified atom stereocenters. The highest BCUT2D eigenvalue weighted by molar-refractivity contribution is 6.37. The van der Waals surface area contributed by atoms with Crippen LogP contribution in [0.15, 0.2) is 0 Å². The van der Waals surface area contributed by atoms with E-state index in [1.807, 2.05) is 6.92 Å². The van der Waals surface area contributed by atoms with Crippen LogP contribution in [-0.2, 0) is 9.53 Å². The molecule has 0 amide bonds. The lowest BCUT2D eigenvalue weighted by Crippen LogP contribution is -2.16. The van der Waals surface area contributed by atoms with Gasteiger partial charge in [0.2, 0.25) is 0 Å². The summed E-state index contributed by atoms with van der Waals surface area (Å²) < 4.78 is 4.88. The Labute approximate surface area is 60.9 Å². The summed E-state index contributed by atoms with van der Waals surface area (Å²) in [4.78, 5) is 10.5. The molecule has 0 rings (SSSR count). The van der Waals surface area contributed by atoms with Crippen LogP contribution in [-0.4, -0.2) is 24.7 Å². The summed E-state index contributed by atoms with van der Waals surface area (Å²) in [7, 11) is 1.57. The van der Waals surface area contributed by atoms with Gasteiger partial charge in [0, 0.05) is 20.5 Å². The van der Waals surface area contributed by atoms with E-state index in [2.05, 4.69) is 0 Å². The van der Waals surface area contributed by atoms with E-state index in [0.717, 1.165) is 0 Å². The molecule has 0 saturated heterocycles. The van der Waals surface area contributed by atoms with Crippen LogP contribution in [0, 0.1) is 5.41 Å². The second-order valence-corrected chi connectivity index (χ2v) is 2.29. The molecule has 0 aliphatic rings. The van der Waals surface area contributed by atoms with E-state index in [0.29, 0.717) is 6.42 Å². The zero-order valence-corrected chi connectivity index (χ0v) is 6.60. The first-order chi connectivity index (χ1) is 4.57. The van der Waals surface area contributed by atoms with Crippen molar-refractivity contribution in [2.45, 2.75) is 26.4 Å². The first kappa shape index (κ1) is 9.30. The lowest BCUT2D eigenvalue weighted by Gasteiger charge is -2.07. The molecule has 3 nitrogen and oxygen atoms in total. The number of rotatable bonds is 4. The van der Waals surface area contributed by atoms with E-state index >= 15 is 0 Å². The molecule has 0 aliphatic carbocycles. The number of hydrogen-bond donors (Lipinski definition) is 1. The summed E-state index contributed by atoms with van der Waals surface area (Å²) in [6, 6.07) is 0. The SMILES string of the molecule is COC(C)CC(=N)C(C)=O. The van der Waals surface area contributed by atoms with Crippen molar-refractivity contribution in [1.82, 2.24) is 0 Å². The number of Topliss-reactive ketones (excluding diaryl/α,β-unsaturated/α-hetero) is 1. The maximum Gasteiger partial charge on any atom is 0.173 e. The van der Waals surface area contributed by atoms with Gasteiger partial charge < -0.3 is 10.1 Å². The second kappa shape index (κ2) is 4.17. The van der Waals surface area contributed by atoms with Crippen LogP contribution in [0.5, 0.6) is 0 Å². The topological polar surface area (TPSA) is 50.1 Å². The molecular weight excluding hydrogens is 130 g/mol. The van der Waals surface area contributed by atoms with Gasteiger partial charge in [-0.1, -0.05) is 0 Å². The fourth-order valence-corrected chi connectivity index (χ4v) is 0.515. The first-order valence-corrected chi connectivity index (χ1v) is 3.19. The molecule has 0 aromatic rings. The lowest BCUT2D eigenvalue weighted by molar-refractivity contribution is -0.111. The summed E-state index contributed by atoms with van der Waals surface area (Å²) in [5, 5.41) is 7.15. The van der Waals surface area contributed by atoms with Crippen molar-refractivity contribution in [1.29, 1.82) is 5.41 Å². The molecule has 3 heteroatoms. The van der Waals surface area contributed by atoms with Crippen LogP contribution >= 0.6 is 0 Å². The number of ether oxygens (including phenoxy) is 1. The van der Waals surface area contributed by atoms with E-state index in [1.54, 1.807) is 7.11 Å². The Bertz CT molecular complexity index is 143. The van der Waals surface area contributed by atoms with Crippen molar-refractivity contribution in [2.24, 2.45) is 0 Å². The minimum atomic E-state index is -0.177. The molecule has 0 heterocycles. The lowest BCUT2D eigenvalue weighted by atomic mass is 10.1. The average molecular weight is 143 g/mol. The van der Waals surface area contributed by atoms with Crippen LogP contribution in [0.25, 0.3) is 0 Å². The van der Waals surface area contributed by atoms with Gasteiger partial charge in [-0.25, -0.2) is 0 Å². The molecule has 0 aliphatic heterocycles. The van der Waals surface area contributed by atoms with Gasteiger partial charge in [-0.15, -0.1) is 0 Å². The summed E-state index contributed by atoms with van der Waals surface area (Å²) >= 11 is 0. The van der Waals surface area contributed by atoms with E-state index in [9.17, 15) is 4.79 Å². The number of ketones is 1. The highest BCUT2D eigenvalue weighted by Gasteiger charge is 2.07. The minimum absolute atomic E-state index is 0.0311. The molecule has 1 N–H and O–H groups in total. The molecule has 58 valence electrons. The molecule has 0 saturated carbocycles. The van der Waals surface area contributed by atoms with Crippen LogP contribution in [0.2, 0.25) is 0 Å². The molecule has 1 atom stereocenters. The van der Waals surface area contributed by atoms with E-state index in [1.165, 1.54) is 6.92 Å². The maximum atomic E-state index is 10.5. The van der Waals surface area contributed by atoms with E-state index in [4.69, 9.17) is 10.1 Å². The molecule has 0 fully saturated rings. The van der Waals surface area contributed by atoms with Crippen molar-refractivity contribution < 1.29 is 9.53 Å². The fourth-order valence-electron chi connectivity index (χ4n) is 0.515. The van der Waals surface area contributed by atoms with Gasteiger partial charge in [0.1, 0.15) is 0 Å². The molecular formula is C7H13NO2. The standard InChI is InChI=1S/C7H13NO2/c1-5(10-3)4-7(8)6(2)9/h5,8H,4H2,1-3H3. The summed E-state index contributed by atoms with van der Waals surface area (Å²) in [5.74, 6) is -0.177. The fraction of sp³-hybridized carbons (Fsp3) is 0.714. The molecule has 10 heavy (non-hydrogen) atoms. The number of nitrogens with one attached hydrogen (secondary N) is 1. The van der Waals surface area contributed by atoms with E-state index in [-0.39, 0.29) is 17.6 Å². The number of hydrogen-bond acceptors (Lipinski definition) is 3. The zero-order valence-electron chi connectivity index (χ0n) is 6.60. The van der Waals surface area contributed by atoms with Gasteiger partial charge >= 0.3 is 0 Å². The highest BCUT2D eigenvalue weighted by Crippen LogP contribution is 1.96. The first-order valence-electron chi connectivity index (χ1n) is 3.19. The van der Waals surface area contributed by atoms with Crippen LogP contribution in [0.4, 0.5) is 0 Å². The Kier molecular flexibility index (Phi) is 3.88. The number of carbonyl (C=O) groups excluding carboxylic acids is 1. The minimum Gasteiger partial charge on any atom is -0.381 e. The Morgan fingerprint density at radius 3 is 2.50 bits per heavy atom. The predicted octanol–water partition coefficient (Wildman–Crippen LogP) is 1.02. The average Bonchev–Trinajstić information content (AvgIpc) is 1.87. The van der Waals surface area contributed by atoms with Crippen molar-refractivity contribution in [3.63, 3.8) is 0 Å². The molecule has 0 aromatic carbocycles. The predicted molar refractivity (Wildman–Crippen MR) is 39.5 cm³/mol. The second-order valence-electron chi connectivity index (χ2n) is 2.29. The molecule has 0 bridgehead atoms. The Morgan fingerprint density at radius 1 is 1.70 bits per heavy atom. The number of methoxy groups -OCH3 is 1. The van der Waals surface area contributed by atoms with Gasteiger partial charge in [0.25, 0.3) is 0 Å². The molecule has 0 radical (unpaired) electrons. The Hall–Kier alpha value is -0.700. The third-order valence-electron chi connectivity index (χ3n) is 1.32. The van der Waals surface area contributed by atoms with Crippen molar-refractivity contribution in [2.75, 3.05) is 7.11 Å². The smallest absolute Gasteiger partial charge is 0.173 e. The van der Waals surface area contributed by atoms with Crippen molar-refractivity contribution in [3.8, 4) is 0 Å². The normalized spacial score (nSPS) is 12.7. The van der Waals surface area contributed by atoms with Crippen LogP contribution in [0.1, 0.15) is 20.3 Å². The number of carbonyl (C=O) groups is 1. The van der Waals surface area contributed by atoms with Gasteiger partial charge in [-0.2, -0.15) is 0 Å². The molecule has 0 spiro atoms. The van der Waals surface area contributed by atoms with Crippen molar-refractivity contribution in [3.05, 3.63) is 0 Å². The van der Waals surface area contributed by atoms with Crippen LogP contribution < -0.4 is 0 Å². The van der Waals surface area contributed by atoms with Gasteiger partial charge in [-0.3, -0.25) is 4.79 Å². The monoisotopic (exact) mass is 143 g/mol. The summed E-state index contributed by atoms with van der Waals surface area (Å²) in [6.07, 6.45) is 0.377. The highest BCUT2D eigenvalue weighted by atomic mass is 16.5. The third kappa shape index (κ3) is 3.35.